The number of rotatable bonds is 6. The summed E-state index contributed by atoms with van der Waals surface area (Å²) in [5.41, 5.74) is 6.82. The Labute approximate surface area is 198 Å². The molecule has 2 aromatic carbocycles. The van der Waals surface area contributed by atoms with E-state index in [1.54, 1.807) is 29.2 Å². The first-order valence-corrected chi connectivity index (χ1v) is 11.2. The molecule has 4 N–H and O–H groups in total. The summed E-state index contributed by atoms with van der Waals surface area (Å²) < 4.78 is 0.381. The third-order valence-electron chi connectivity index (χ3n) is 4.92. The number of aromatic hydroxyl groups is 1. The standard InChI is InChI=1S/C22H21Cl2N3O4S/c1-10(2)27(11(3)28)9-12-4-6-13(7-5-12)21(31)26-22-16(20(25)30)14-8-15(23)18(29)17(24)19(14)32-22/h4-8,10,29H,9H2,1-3H3,(H2,25,30)(H,26,31). The molecule has 0 atom stereocenters. The van der Waals surface area contributed by atoms with Crippen LogP contribution in [-0.4, -0.2) is 33.8 Å². The highest BCUT2D eigenvalue weighted by Crippen LogP contribution is 2.46. The number of carbonyl (C=O) groups is 3. The number of fused-ring (bicyclic) bond motifs is 1. The van der Waals surface area contributed by atoms with Gasteiger partial charge in [-0.3, -0.25) is 14.4 Å². The number of phenols is 1. The molecule has 0 saturated heterocycles. The van der Waals surface area contributed by atoms with E-state index in [4.69, 9.17) is 28.9 Å². The van der Waals surface area contributed by atoms with Gasteiger partial charge in [-0.2, -0.15) is 0 Å². The van der Waals surface area contributed by atoms with Crippen LogP contribution in [-0.2, 0) is 11.3 Å². The second-order valence-corrected chi connectivity index (χ2v) is 9.27. The zero-order valence-corrected chi connectivity index (χ0v) is 19.9. The summed E-state index contributed by atoms with van der Waals surface area (Å²) in [5.74, 6) is -1.56. The number of hydrogen-bond acceptors (Lipinski definition) is 5. The fourth-order valence-corrected chi connectivity index (χ4v) is 4.96. The van der Waals surface area contributed by atoms with Crippen molar-refractivity contribution in [3.05, 3.63) is 57.1 Å². The number of nitrogens with one attached hydrogen (secondary N) is 1. The summed E-state index contributed by atoms with van der Waals surface area (Å²) in [6, 6.07) is 8.24. The summed E-state index contributed by atoms with van der Waals surface area (Å²) in [5, 5.41) is 13.2. The van der Waals surface area contributed by atoms with E-state index in [2.05, 4.69) is 5.32 Å². The van der Waals surface area contributed by atoms with Gasteiger partial charge in [0.2, 0.25) is 5.91 Å². The van der Waals surface area contributed by atoms with E-state index < -0.39 is 11.8 Å². The summed E-state index contributed by atoms with van der Waals surface area (Å²) in [7, 11) is 0. The number of phenolic OH excluding ortho intramolecular Hbond substituents is 1. The Bertz CT molecular complexity index is 1220. The van der Waals surface area contributed by atoms with Gasteiger partial charge in [0.1, 0.15) is 10.0 Å². The van der Waals surface area contributed by atoms with Gasteiger partial charge in [-0.05, 0) is 37.6 Å². The van der Waals surface area contributed by atoms with Crippen molar-refractivity contribution in [1.29, 1.82) is 0 Å². The lowest BCUT2D eigenvalue weighted by Gasteiger charge is -2.25. The van der Waals surface area contributed by atoms with Crippen LogP contribution in [0.25, 0.3) is 10.1 Å². The van der Waals surface area contributed by atoms with Crippen LogP contribution in [0.4, 0.5) is 5.00 Å². The summed E-state index contributed by atoms with van der Waals surface area (Å²) in [6.07, 6.45) is 0. The van der Waals surface area contributed by atoms with E-state index in [-0.39, 0.29) is 38.3 Å². The van der Waals surface area contributed by atoms with Crippen molar-refractivity contribution in [2.24, 2.45) is 5.73 Å². The maximum atomic E-state index is 12.8. The molecule has 0 aliphatic heterocycles. The molecule has 0 unspecified atom stereocenters. The largest absolute Gasteiger partial charge is 0.505 e. The normalized spacial score (nSPS) is 11.1. The van der Waals surface area contributed by atoms with Crippen molar-refractivity contribution in [2.75, 3.05) is 5.32 Å². The zero-order chi connectivity index (χ0) is 23.7. The molecule has 3 aromatic rings. The Morgan fingerprint density at radius 1 is 1.19 bits per heavy atom. The van der Waals surface area contributed by atoms with Crippen LogP contribution in [0.15, 0.2) is 30.3 Å². The van der Waals surface area contributed by atoms with Gasteiger partial charge in [-0.15, -0.1) is 11.3 Å². The second kappa shape index (κ2) is 9.36. The van der Waals surface area contributed by atoms with Gasteiger partial charge in [0.15, 0.2) is 5.75 Å². The van der Waals surface area contributed by atoms with Crippen LogP contribution in [0.1, 0.15) is 47.1 Å². The first-order chi connectivity index (χ1) is 15.0. The van der Waals surface area contributed by atoms with E-state index in [0.29, 0.717) is 22.2 Å². The van der Waals surface area contributed by atoms with Gasteiger partial charge in [-0.1, -0.05) is 35.3 Å². The Morgan fingerprint density at radius 3 is 2.34 bits per heavy atom. The number of carbonyl (C=O) groups excluding carboxylic acids is 3. The minimum absolute atomic E-state index is 0.0231. The van der Waals surface area contributed by atoms with Crippen LogP contribution in [0.3, 0.4) is 0 Å². The molecule has 0 aliphatic carbocycles. The van der Waals surface area contributed by atoms with Crippen molar-refractivity contribution in [2.45, 2.75) is 33.4 Å². The summed E-state index contributed by atoms with van der Waals surface area (Å²) in [4.78, 5) is 38.4. The molecule has 0 saturated carbocycles. The Morgan fingerprint density at radius 2 is 1.81 bits per heavy atom. The first kappa shape index (κ1) is 23.8. The molecule has 0 fully saturated rings. The number of nitrogens with two attached hydrogens (primary N) is 1. The topological polar surface area (TPSA) is 113 Å². The van der Waals surface area contributed by atoms with Crippen LogP contribution in [0.5, 0.6) is 5.75 Å². The minimum atomic E-state index is -0.766. The van der Waals surface area contributed by atoms with Crippen molar-refractivity contribution in [3.63, 3.8) is 0 Å². The van der Waals surface area contributed by atoms with E-state index in [1.807, 2.05) is 13.8 Å². The molecule has 0 radical (unpaired) electrons. The average Bonchev–Trinajstić information content (AvgIpc) is 3.08. The van der Waals surface area contributed by atoms with Crippen molar-refractivity contribution in [1.82, 2.24) is 4.90 Å². The molecule has 3 amide bonds. The number of thiophene rings is 1. The van der Waals surface area contributed by atoms with Crippen molar-refractivity contribution in [3.8, 4) is 5.75 Å². The molecule has 7 nitrogen and oxygen atoms in total. The van der Waals surface area contributed by atoms with Crippen molar-refractivity contribution >= 4 is 67.3 Å². The number of nitrogens with zero attached hydrogens (tertiary/aromatic N) is 1. The van der Waals surface area contributed by atoms with E-state index in [9.17, 15) is 19.5 Å². The molecule has 0 bridgehead atoms. The molecular weight excluding hydrogens is 473 g/mol. The molecule has 32 heavy (non-hydrogen) atoms. The first-order valence-electron chi connectivity index (χ1n) is 9.62. The van der Waals surface area contributed by atoms with E-state index in [0.717, 1.165) is 16.9 Å². The number of anilines is 1. The molecule has 0 spiro atoms. The highest BCUT2D eigenvalue weighted by molar-refractivity contribution is 7.24. The van der Waals surface area contributed by atoms with Gasteiger partial charge in [0.25, 0.3) is 11.8 Å². The fraction of sp³-hybridized carbons (Fsp3) is 0.227. The zero-order valence-electron chi connectivity index (χ0n) is 17.5. The maximum Gasteiger partial charge on any atom is 0.256 e. The number of halogens is 2. The molecule has 1 aromatic heterocycles. The lowest BCUT2D eigenvalue weighted by Crippen LogP contribution is -2.34. The fourth-order valence-electron chi connectivity index (χ4n) is 3.28. The number of benzene rings is 2. The minimum Gasteiger partial charge on any atom is -0.505 e. The van der Waals surface area contributed by atoms with Crippen LogP contribution in [0.2, 0.25) is 10.0 Å². The third-order valence-corrected chi connectivity index (χ3v) is 6.83. The van der Waals surface area contributed by atoms with Gasteiger partial charge in [0, 0.05) is 30.5 Å². The number of primary amides is 1. The smallest absolute Gasteiger partial charge is 0.256 e. The summed E-state index contributed by atoms with van der Waals surface area (Å²) >= 11 is 13.2. The molecule has 10 heteroatoms. The average molecular weight is 494 g/mol. The van der Waals surface area contributed by atoms with E-state index in [1.165, 1.54) is 13.0 Å². The predicted octanol–water partition coefficient (Wildman–Crippen LogP) is 5.02. The van der Waals surface area contributed by atoms with Gasteiger partial charge in [0.05, 0.1) is 15.3 Å². The van der Waals surface area contributed by atoms with Crippen LogP contribution < -0.4 is 11.1 Å². The highest BCUT2D eigenvalue weighted by Gasteiger charge is 2.23. The molecule has 168 valence electrons. The number of hydrogen-bond donors (Lipinski definition) is 3. The molecular formula is C22H21Cl2N3O4S. The second-order valence-electron chi connectivity index (χ2n) is 7.46. The van der Waals surface area contributed by atoms with Crippen LogP contribution >= 0.6 is 34.5 Å². The quantitative estimate of drug-likeness (QED) is 0.447. The Kier molecular flexibility index (Phi) is 6.97. The van der Waals surface area contributed by atoms with Crippen LogP contribution in [0, 0.1) is 0 Å². The van der Waals surface area contributed by atoms with Gasteiger partial charge < -0.3 is 21.1 Å². The molecule has 3 rings (SSSR count). The lowest BCUT2D eigenvalue weighted by atomic mass is 10.1. The van der Waals surface area contributed by atoms with E-state index >= 15 is 0 Å². The number of amides is 3. The van der Waals surface area contributed by atoms with Gasteiger partial charge >= 0.3 is 0 Å². The Hall–Kier alpha value is -2.81. The molecule has 0 aliphatic rings. The monoisotopic (exact) mass is 493 g/mol. The SMILES string of the molecule is CC(=O)N(Cc1ccc(C(=O)Nc2sc3c(Cl)c(O)c(Cl)cc3c2C(N)=O)cc1)C(C)C. The lowest BCUT2D eigenvalue weighted by molar-refractivity contribution is -0.131. The maximum absolute atomic E-state index is 12.8. The molecule has 1 heterocycles. The highest BCUT2D eigenvalue weighted by atomic mass is 35.5. The van der Waals surface area contributed by atoms with Crippen molar-refractivity contribution < 1.29 is 19.5 Å². The summed E-state index contributed by atoms with van der Waals surface area (Å²) in [6.45, 7) is 5.82. The third kappa shape index (κ3) is 4.67. The predicted molar refractivity (Wildman–Crippen MR) is 128 cm³/mol. The van der Waals surface area contributed by atoms with Gasteiger partial charge in [-0.25, -0.2) is 0 Å². The Balaban J connectivity index is 1.89.